The molecule has 0 spiro atoms. The largest absolute Gasteiger partial charge is 0.382 e. The second kappa shape index (κ2) is 9.18. The van der Waals surface area contributed by atoms with Gasteiger partial charge in [0, 0.05) is 31.6 Å². The highest BCUT2D eigenvalue weighted by Crippen LogP contribution is 2.36. The summed E-state index contributed by atoms with van der Waals surface area (Å²) in [6.07, 6.45) is 2.88. The number of para-hydroxylation sites is 1. The Morgan fingerprint density at radius 3 is 2.83 bits per heavy atom. The number of benzene rings is 2. The van der Waals surface area contributed by atoms with Gasteiger partial charge in [0.15, 0.2) is 0 Å². The van der Waals surface area contributed by atoms with Crippen molar-refractivity contribution >= 4 is 6.03 Å². The highest BCUT2D eigenvalue weighted by molar-refractivity contribution is 5.76. The van der Waals surface area contributed by atoms with Crippen molar-refractivity contribution in [3.05, 3.63) is 89.2 Å². The quantitative estimate of drug-likeness (QED) is 0.600. The van der Waals surface area contributed by atoms with Crippen LogP contribution in [0, 0.1) is 6.92 Å². The molecule has 4 rings (SSSR count). The minimum atomic E-state index is -0.167. The average Bonchev–Trinajstić information content (AvgIpc) is 3.17. The molecule has 2 amide bonds. The fourth-order valence-electron chi connectivity index (χ4n) is 4.15. The predicted molar refractivity (Wildman–Crippen MR) is 119 cm³/mol. The van der Waals surface area contributed by atoms with Crippen molar-refractivity contribution in [1.82, 2.24) is 14.8 Å². The number of hydrogen-bond donors (Lipinski definition) is 1. The molecular weight excluding hydrogens is 374 g/mol. The van der Waals surface area contributed by atoms with Gasteiger partial charge in [0.2, 0.25) is 0 Å². The van der Waals surface area contributed by atoms with Crippen molar-refractivity contribution in [3.8, 4) is 5.69 Å². The summed E-state index contributed by atoms with van der Waals surface area (Å²) >= 11 is 0. The third-order valence-electron chi connectivity index (χ3n) is 5.53. The van der Waals surface area contributed by atoms with E-state index < -0.39 is 0 Å². The van der Waals surface area contributed by atoms with Gasteiger partial charge in [0.05, 0.1) is 18.3 Å². The topological polar surface area (TPSA) is 46.5 Å². The first-order chi connectivity index (χ1) is 14.7. The van der Waals surface area contributed by atoms with Crippen LogP contribution in [0.25, 0.3) is 5.69 Å². The second-order valence-electron chi connectivity index (χ2n) is 7.66. The van der Waals surface area contributed by atoms with Crippen LogP contribution in [-0.2, 0) is 11.3 Å². The van der Waals surface area contributed by atoms with E-state index in [2.05, 4.69) is 71.5 Å². The van der Waals surface area contributed by atoms with Crippen LogP contribution in [0.2, 0.25) is 0 Å². The van der Waals surface area contributed by atoms with Gasteiger partial charge in [-0.25, -0.2) is 4.79 Å². The maximum absolute atomic E-state index is 13.4. The Morgan fingerprint density at radius 2 is 2.00 bits per heavy atom. The molecule has 0 saturated heterocycles. The molecule has 0 bridgehead atoms. The predicted octanol–water partition coefficient (Wildman–Crippen LogP) is 4.83. The highest BCUT2D eigenvalue weighted by atomic mass is 16.5. The molecule has 0 radical (unpaired) electrons. The molecule has 0 aliphatic carbocycles. The Labute approximate surface area is 178 Å². The molecule has 3 aromatic rings. The maximum Gasteiger partial charge on any atom is 0.318 e. The zero-order valence-corrected chi connectivity index (χ0v) is 17.7. The molecule has 5 heteroatoms. The Balaban J connectivity index is 1.71. The first kappa shape index (κ1) is 20.2. The van der Waals surface area contributed by atoms with Crippen molar-refractivity contribution < 1.29 is 9.53 Å². The van der Waals surface area contributed by atoms with E-state index in [0.29, 0.717) is 26.3 Å². The molecule has 1 atom stereocenters. The first-order valence-electron chi connectivity index (χ1n) is 10.6. The van der Waals surface area contributed by atoms with E-state index in [0.717, 1.165) is 28.9 Å². The van der Waals surface area contributed by atoms with Gasteiger partial charge in [-0.05, 0) is 49.6 Å². The number of nitrogens with zero attached hydrogens (tertiary/aromatic N) is 2. The summed E-state index contributed by atoms with van der Waals surface area (Å²) in [5.74, 6) is 0. The molecular formula is C25H29N3O2. The number of amides is 2. The molecule has 0 fully saturated rings. The summed E-state index contributed by atoms with van der Waals surface area (Å²) in [7, 11) is 0. The van der Waals surface area contributed by atoms with Gasteiger partial charge in [-0.2, -0.15) is 0 Å². The van der Waals surface area contributed by atoms with Crippen LogP contribution in [0.15, 0.2) is 66.9 Å². The summed E-state index contributed by atoms with van der Waals surface area (Å²) < 4.78 is 7.61. The number of rotatable bonds is 6. The number of carbonyl (C=O) groups is 1. The van der Waals surface area contributed by atoms with E-state index in [4.69, 9.17) is 4.74 Å². The SMILES string of the molecule is CCOCCCNC(=O)N1Cc2ccccc2-n2cccc2[C@H]1c1cccc(C)c1. The van der Waals surface area contributed by atoms with E-state index in [9.17, 15) is 4.79 Å². The van der Waals surface area contributed by atoms with Crippen LogP contribution in [0.4, 0.5) is 4.79 Å². The minimum absolute atomic E-state index is 0.0533. The second-order valence-corrected chi connectivity index (χ2v) is 7.66. The smallest absolute Gasteiger partial charge is 0.318 e. The lowest BCUT2D eigenvalue weighted by Gasteiger charge is -2.31. The van der Waals surface area contributed by atoms with Crippen LogP contribution in [0.1, 0.15) is 41.8 Å². The molecule has 156 valence electrons. The lowest BCUT2D eigenvalue weighted by molar-refractivity contribution is 0.143. The van der Waals surface area contributed by atoms with E-state index in [1.165, 1.54) is 5.56 Å². The van der Waals surface area contributed by atoms with Crippen LogP contribution in [0.3, 0.4) is 0 Å². The summed E-state index contributed by atoms with van der Waals surface area (Å²) in [6.45, 7) is 6.57. The molecule has 2 aromatic carbocycles. The fraction of sp³-hybridized carbons (Fsp3) is 0.320. The number of nitrogens with one attached hydrogen (secondary N) is 1. The molecule has 1 aliphatic rings. The molecule has 0 saturated carbocycles. The standard InChI is InChI=1S/C25H29N3O2/c1-3-30-16-8-14-26-25(29)28-18-21-10-4-5-12-22(21)27-15-7-13-23(27)24(28)20-11-6-9-19(2)17-20/h4-7,9-13,15,17,24H,3,8,14,16,18H2,1-2H3,(H,26,29)/t24-/m1/s1. The van der Waals surface area contributed by atoms with Crippen molar-refractivity contribution in [2.24, 2.45) is 0 Å². The van der Waals surface area contributed by atoms with Crippen LogP contribution < -0.4 is 5.32 Å². The lowest BCUT2D eigenvalue weighted by atomic mass is 10.00. The fourth-order valence-corrected chi connectivity index (χ4v) is 4.15. The van der Waals surface area contributed by atoms with E-state index in [1.807, 2.05) is 24.0 Å². The molecule has 1 N–H and O–H groups in total. The van der Waals surface area contributed by atoms with Gasteiger partial charge in [-0.3, -0.25) is 0 Å². The number of aromatic nitrogens is 1. The zero-order chi connectivity index (χ0) is 20.9. The molecule has 2 heterocycles. The third-order valence-corrected chi connectivity index (χ3v) is 5.53. The van der Waals surface area contributed by atoms with Gasteiger partial charge >= 0.3 is 6.03 Å². The summed E-state index contributed by atoms with van der Waals surface area (Å²) in [5, 5.41) is 3.10. The molecule has 30 heavy (non-hydrogen) atoms. The number of hydrogen-bond acceptors (Lipinski definition) is 2. The van der Waals surface area contributed by atoms with Crippen molar-refractivity contribution in [3.63, 3.8) is 0 Å². The number of fused-ring (bicyclic) bond motifs is 3. The first-order valence-corrected chi connectivity index (χ1v) is 10.6. The molecule has 5 nitrogen and oxygen atoms in total. The summed E-state index contributed by atoms with van der Waals surface area (Å²) in [4.78, 5) is 15.3. The Bertz CT molecular complexity index is 1010. The Kier molecular flexibility index (Phi) is 6.19. The van der Waals surface area contributed by atoms with Gasteiger partial charge in [-0.1, -0.05) is 48.0 Å². The van der Waals surface area contributed by atoms with E-state index >= 15 is 0 Å². The van der Waals surface area contributed by atoms with Crippen molar-refractivity contribution in [1.29, 1.82) is 0 Å². The Morgan fingerprint density at radius 1 is 1.13 bits per heavy atom. The summed E-state index contributed by atoms with van der Waals surface area (Å²) in [6, 6.07) is 20.7. The zero-order valence-electron chi connectivity index (χ0n) is 17.7. The van der Waals surface area contributed by atoms with Gasteiger partial charge in [0.25, 0.3) is 0 Å². The van der Waals surface area contributed by atoms with Gasteiger partial charge in [-0.15, -0.1) is 0 Å². The van der Waals surface area contributed by atoms with E-state index in [1.54, 1.807) is 0 Å². The van der Waals surface area contributed by atoms with Crippen LogP contribution >= 0.6 is 0 Å². The molecule has 1 aliphatic heterocycles. The van der Waals surface area contributed by atoms with Crippen LogP contribution in [-0.4, -0.2) is 35.3 Å². The van der Waals surface area contributed by atoms with Crippen LogP contribution in [0.5, 0.6) is 0 Å². The molecule has 0 unspecified atom stereocenters. The average molecular weight is 404 g/mol. The Hall–Kier alpha value is -3.05. The van der Waals surface area contributed by atoms with E-state index in [-0.39, 0.29) is 12.1 Å². The van der Waals surface area contributed by atoms with Crippen molar-refractivity contribution in [2.75, 3.05) is 19.8 Å². The van der Waals surface area contributed by atoms with Crippen molar-refractivity contribution in [2.45, 2.75) is 32.9 Å². The summed E-state index contributed by atoms with van der Waals surface area (Å²) in [5.41, 5.74) is 5.66. The minimum Gasteiger partial charge on any atom is -0.382 e. The third kappa shape index (κ3) is 4.12. The number of carbonyl (C=O) groups excluding carboxylic acids is 1. The maximum atomic E-state index is 13.4. The number of aryl methyl sites for hydroxylation is 1. The monoisotopic (exact) mass is 403 g/mol. The molecule has 1 aromatic heterocycles. The van der Waals surface area contributed by atoms with Gasteiger partial charge in [0.1, 0.15) is 0 Å². The number of ether oxygens (including phenoxy) is 1. The normalized spacial score (nSPS) is 15.3. The van der Waals surface area contributed by atoms with Gasteiger partial charge < -0.3 is 19.5 Å². The number of urea groups is 1. The highest BCUT2D eigenvalue weighted by Gasteiger charge is 2.32. The lowest BCUT2D eigenvalue weighted by Crippen LogP contribution is -2.42.